The van der Waals surface area contributed by atoms with Crippen molar-refractivity contribution in [2.24, 2.45) is 0 Å². The third-order valence-electron chi connectivity index (χ3n) is 2.16. The number of carboxylic acids is 1. The Kier molecular flexibility index (Phi) is 6.01. The molecule has 0 bridgehead atoms. The van der Waals surface area contributed by atoms with Crippen LogP contribution in [-0.4, -0.2) is 66.0 Å². The molecule has 0 rings (SSSR count). The Hall–Kier alpha value is -1.79. The Morgan fingerprint density at radius 3 is 2.12 bits per heavy atom. The van der Waals surface area contributed by atoms with Crippen LogP contribution in [0.2, 0.25) is 0 Å². The van der Waals surface area contributed by atoms with Crippen LogP contribution >= 0.6 is 0 Å². The van der Waals surface area contributed by atoms with Gasteiger partial charge in [-0.05, 0) is 13.8 Å². The first-order chi connectivity index (χ1) is 7.79. The average Bonchev–Trinajstić information content (AvgIpc) is 2.23. The number of amides is 3. The number of likely N-dealkylation sites (N-methyl/N-ethyl adjacent to an activating group) is 2. The molecule has 0 aliphatic heterocycles. The summed E-state index contributed by atoms with van der Waals surface area (Å²) >= 11 is 0. The third kappa shape index (κ3) is 5.19. The molecule has 7 nitrogen and oxygen atoms in total. The predicted octanol–water partition coefficient (Wildman–Crippen LogP) is -0.421. The average molecular weight is 245 g/mol. The summed E-state index contributed by atoms with van der Waals surface area (Å²) in [6, 6.07) is -0.725. The van der Waals surface area contributed by atoms with E-state index in [-0.39, 0.29) is 25.0 Å². The highest BCUT2D eigenvalue weighted by Crippen LogP contribution is 2.03. The molecule has 0 atom stereocenters. The number of nitrogens with zero attached hydrogens (tertiary/aromatic N) is 2. The Balaban J connectivity index is 4.60. The number of hydrogen-bond donors (Lipinski definition) is 2. The van der Waals surface area contributed by atoms with Crippen LogP contribution in [0.25, 0.3) is 0 Å². The van der Waals surface area contributed by atoms with Gasteiger partial charge < -0.3 is 20.2 Å². The molecule has 0 aromatic carbocycles. The Morgan fingerprint density at radius 2 is 1.76 bits per heavy atom. The summed E-state index contributed by atoms with van der Waals surface area (Å²) in [4.78, 5) is 36.0. The molecule has 7 heteroatoms. The summed E-state index contributed by atoms with van der Waals surface area (Å²) < 4.78 is 0. The highest BCUT2D eigenvalue weighted by atomic mass is 16.4. The smallest absolute Gasteiger partial charge is 0.323 e. The molecule has 0 radical (unpaired) electrons. The lowest BCUT2D eigenvalue weighted by Crippen LogP contribution is -2.49. The number of nitrogens with one attached hydrogen (secondary N) is 1. The van der Waals surface area contributed by atoms with Crippen LogP contribution in [0.3, 0.4) is 0 Å². The molecule has 0 heterocycles. The number of hydrogen-bond acceptors (Lipinski definition) is 3. The first-order valence-electron chi connectivity index (χ1n) is 5.23. The minimum absolute atomic E-state index is 0.0990. The molecule has 0 fully saturated rings. The fraction of sp³-hybridized carbons (Fsp3) is 0.700. The maximum Gasteiger partial charge on any atom is 0.323 e. The largest absolute Gasteiger partial charge is 0.480 e. The van der Waals surface area contributed by atoms with Crippen LogP contribution in [0, 0.1) is 0 Å². The van der Waals surface area contributed by atoms with E-state index in [4.69, 9.17) is 5.11 Å². The second-order valence-electron chi connectivity index (χ2n) is 3.93. The van der Waals surface area contributed by atoms with Gasteiger partial charge in [0.1, 0.15) is 13.1 Å². The zero-order valence-electron chi connectivity index (χ0n) is 10.6. The molecule has 0 aromatic heterocycles. The van der Waals surface area contributed by atoms with Gasteiger partial charge in [-0.2, -0.15) is 0 Å². The summed E-state index contributed by atoms with van der Waals surface area (Å²) in [7, 11) is 2.92. The molecule has 17 heavy (non-hydrogen) atoms. The minimum atomic E-state index is -1.08. The number of carbonyl (C=O) groups is 3. The maximum atomic E-state index is 11.9. The van der Waals surface area contributed by atoms with Crippen molar-refractivity contribution in [3.05, 3.63) is 0 Å². The van der Waals surface area contributed by atoms with Crippen LogP contribution in [-0.2, 0) is 9.59 Å². The topological polar surface area (TPSA) is 90.0 Å². The first-order valence-corrected chi connectivity index (χ1v) is 5.23. The van der Waals surface area contributed by atoms with Gasteiger partial charge in [-0.25, -0.2) is 4.79 Å². The zero-order chi connectivity index (χ0) is 13.6. The number of aliphatic carboxylic acids is 1. The second-order valence-corrected chi connectivity index (χ2v) is 3.93. The van der Waals surface area contributed by atoms with E-state index in [9.17, 15) is 14.4 Å². The van der Waals surface area contributed by atoms with E-state index in [1.54, 1.807) is 13.8 Å². The lowest BCUT2D eigenvalue weighted by molar-refractivity contribution is -0.138. The minimum Gasteiger partial charge on any atom is -0.480 e. The van der Waals surface area contributed by atoms with E-state index in [1.807, 2.05) is 0 Å². The molecule has 3 amide bonds. The maximum absolute atomic E-state index is 11.9. The van der Waals surface area contributed by atoms with Crippen LogP contribution in [0.4, 0.5) is 4.79 Å². The van der Waals surface area contributed by atoms with E-state index in [0.717, 1.165) is 0 Å². The highest BCUT2D eigenvalue weighted by molar-refractivity contribution is 5.85. The van der Waals surface area contributed by atoms with Crippen molar-refractivity contribution in [2.75, 3.05) is 27.2 Å². The van der Waals surface area contributed by atoms with Crippen LogP contribution in [0.15, 0.2) is 0 Å². The van der Waals surface area contributed by atoms with Crippen molar-refractivity contribution in [1.29, 1.82) is 0 Å². The fourth-order valence-electron chi connectivity index (χ4n) is 1.20. The van der Waals surface area contributed by atoms with Gasteiger partial charge in [0.25, 0.3) is 0 Å². The van der Waals surface area contributed by atoms with Gasteiger partial charge in [0.05, 0.1) is 0 Å². The summed E-state index contributed by atoms with van der Waals surface area (Å²) in [6.45, 7) is 2.95. The molecule has 0 spiro atoms. The summed E-state index contributed by atoms with van der Waals surface area (Å²) in [5, 5.41) is 11.1. The fourth-order valence-corrected chi connectivity index (χ4v) is 1.20. The number of rotatable bonds is 5. The molecule has 98 valence electrons. The van der Waals surface area contributed by atoms with Gasteiger partial charge in [0.2, 0.25) is 5.91 Å². The van der Waals surface area contributed by atoms with E-state index in [1.165, 1.54) is 23.9 Å². The van der Waals surface area contributed by atoms with Crippen LogP contribution in [0.1, 0.15) is 13.8 Å². The Bertz CT molecular complexity index is 304. The van der Waals surface area contributed by atoms with Crippen molar-refractivity contribution in [3.63, 3.8) is 0 Å². The van der Waals surface area contributed by atoms with Crippen molar-refractivity contribution >= 4 is 17.9 Å². The van der Waals surface area contributed by atoms with Crippen molar-refractivity contribution < 1.29 is 19.5 Å². The normalized spacial score (nSPS) is 9.94. The predicted molar refractivity (Wildman–Crippen MR) is 61.6 cm³/mol. The van der Waals surface area contributed by atoms with Gasteiger partial charge >= 0.3 is 12.0 Å². The number of urea groups is 1. The van der Waals surface area contributed by atoms with Crippen LogP contribution < -0.4 is 5.32 Å². The van der Waals surface area contributed by atoms with Crippen molar-refractivity contribution in [3.8, 4) is 0 Å². The van der Waals surface area contributed by atoms with E-state index >= 15 is 0 Å². The molecular formula is C10H19N3O4. The van der Waals surface area contributed by atoms with Gasteiger partial charge in [-0.1, -0.05) is 0 Å². The molecule has 0 saturated carbocycles. The first kappa shape index (κ1) is 15.2. The SMILES string of the molecule is CNC(=O)CN(C)C(=O)N(CC(=O)O)C(C)C. The van der Waals surface area contributed by atoms with E-state index in [2.05, 4.69) is 5.32 Å². The monoisotopic (exact) mass is 245 g/mol. The summed E-state index contributed by atoms with van der Waals surface area (Å²) in [5.74, 6) is -1.39. The molecule has 0 aliphatic rings. The lowest BCUT2D eigenvalue weighted by atomic mass is 10.3. The zero-order valence-corrected chi connectivity index (χ0v) is 10.6. The van der Waals surface area contributed by atoms with E-state index < -0.39 is 12.0 Å². The van der Waals surface area contributed by atoms with Crippen LogP contribution in [0.5, 0.6) is 0 Å². The number of carboxylic acid groups (broad SMARTS) is 1. The third-order valence-corrected chi connectivity index (χ3v) is 2.16. The summed E-state index contributed by atoms with van der Waals surface area (Å²) in [6.07, 6.45) is 0. The Labute approximate surface area is 100 Å². The second kappa shape index (κ2) is 6.72. The molecule has 0 unspecified atom stereocenters. The van der Waals surface area contributed by atoms with Crippen molar-refractivity contribution in [1.82, 2.24) is 15.1 Å². The van der Waals surface area contributed by atoms with E-state index in [0.29, 0.717) is 0 Å². The van der Waals surface area contributed by atoms with Gasteiger partial charge in [0.15, 0.2) is 0 Å². The van der Waals surface area contributed by atoms with Gasteiger partial charge in [-0.15, -0.1) is 0 Å². The standard InChI is InChI=1S/C10H19N3O4/c1-7(2)13(6-9(15)16)10(17)12(4)5-8(14)11-3/h7H,5-6H2,1-4H3,(H,11,14)(H,15,16). The Morgan fingerprint density at radius 1 is 1.24 bits per heavy atom. The molecule has 0 saturated heterocycles. The molecule has 0 aromatic rings. The highest BCUT2D eigenvalue weighted by Gasteiger charge is 2.23. The number of carbonyl (C=O) groups excluding carboxylic acids is 2. The van der Waals surface area contributed by atoms with Gasteiger partial charge in [0, 0.05) is 20.1 Å². The quantitative estimate of drug-likeness (QED) is 0.688. The lowest BCUT2D eigenvalue weighted by Gasteiger charge is -2.29. The van der Waals surface area contributed by atoms with Gasteiger partial charge in [-0.3, -0.25) is 9.59 Å². The summed E-state index contributed by atoms with van der Waals surface area (Å²) in [5.41, 5.74) is 0. The molecular weight excluding hydrogens is 226 g/mol. The molecule has 2 N–H and O–H groups in total. The molecule has 0 aliphatic carbocycles. The van der Waals surface area contributed by atoms with Crippen molar-refractivity contribution in [2.45, 2.75) is 19.9 Å².